The molecule has 0 rings (SSSR count). The van der Waals surface area contributed by atoms with Crippen molar-refractivity contribution in [1.29, 1.82) is 0 Å². The van der Waals surface area contributed by atoms with E-state index in [1.165, 1.54) is 58.3 Å². The van der Waals surface area contributed by atoms with Gasteiger partial charge in [-0.05, 0) is 25.7 Å². The summed E-state index contributed by atoms with van der Waals surface area (Å²) in [5.41, 5.74) is 0. The number of ether oxygens (including phenoxy) is 1. The van der Waals surface area contributed by atoms with E-state index in [-0.39, 0.29) is 5.97 Å². The third kappa shape index (κ3) is 15.2. The Bertz CT molecular complexity index is 209. The number of unbranched alkanes of at least 4 members (excludes halogenated alkanes) is 8. The highest BCUT2D eigenvalue weighted by molar-refractivity contribution is 5.65. The lowest BCUT2D eigenvalue weighted by molar-refractivity contribution is -0.141. The molecule has 0 saturated heterocycles. The Balaban J connectivity index is 3.06. The van der Waals surface area contributed by atoms with Crippen LogP contribution in [0.1, 0.15) is 78.1 Å². The predicted octanol–water partition coefficient (Wildman–Crippen LogP) is 5.03. The monoisotopic (exact) mass is 254 g/mol. The van der Waals surface area contributed by atoms with Gasteiger partial charge in [0.25, 0.3) is 0 Å². The van der Waals surface area contributed by atoms with Crippen LogP contribution < -0.4 is 0 Å². The van der Waals surface area contributed by atoms with E-state index >= 15 is 0 Å². The molecular formula is C16H30O2. The molecule has 0 amide bonds. The lowest BCUT2D eigenvalue weighted by Crippen LogP contribution is -1.99. The molecule has 18 heavy (non-hydrogen) atoms. The molecule has 0 aliphatic heterocycles. The summed E-state index contributed by atoms with van der Waals surface area (Å²) in [6.07, 6.45) is 17.2. The Morgan fingerprint density at radius 3 is 2.06 bits per heavy atom. The molecule has 0 unspecified atom stereocenters. The van der Waals surface area contributed by atoms with Gasteiger partial charge in [0.2, 0.25) is 0 Å². The zero-order valence-corrected chi connectivity index (χ0v) is 12.2. The molecule has 106 valence electrons. The normalized spacial score (nSPS) is 11.0. The molecule has 0 aromatic carbocycles. The first-order valence-corrected chi connectivity index (χ1v) is 7.55. The molecule has 2 nitrogen and oxygen atoms in total. The van der Waals surface area contributed by atoms with Crippen molar-refractivity contribution >= 4 is 5.97 Å². The van der Waals surface area contributed by atoms with Crippen LogP contribution in [0, 0.1) is 0 Å². The van der Waals surface area contributed by atoms with Crippen molar-refractivity contribution in [1.82, 2.24) is 0 Å². The van der Waals surface area contributed by atoms with Crippen LogP contribution in [0.5, 0.6) is 0 Å². The first kappa shape index (κ1) is 17.2. The highest BCUT2D eigenvalue weighted by Crippen LogP contribution is 2.08. The van der Waals surface area contributed by atoms with E-state index < -0.39 is 0 Å². The van der Waals surface area contributed by atoms with E-state index in [9.17, 15) is 4.79 Å². The summed E-state index contributed by atoms with van der Waals surface area (Å²) in [6.45, 7) is 4.26. The Labute approximate surface area is 113 Å². The number of hydrogen-bond acceptors (Lipinski definition) is 2. The third-order valence-electron chi connectivity index (χ3n) is 2.96. The van der Waals surface area contributed by atoms with E-state index in [0.29, 0.717) is 6.61 Å². The maximum atomic E-state index is 10.5. The number of carbonyl (C=O) groups is 1. The molecular weight excluding hydrogens is 224 g/mol. The van der Waals surface area contributed by atoms with Crippen LogP contribution in [0.4, 0.5) is 0 Å². The zero-order chi connectivity index (χ0) is 13.5. The van der Waals surface area contributed by atoms with Crippen LogP contribution in [-0.4, -0.2) is 12.6 Å². The van der Waals surface area contributed by atoms with E-state index in [0.717, 1.165) is 12.8 Å². The molecule has 0 saturated carbocycles. The summed E-state index contributed by atoms with van der Waals surface area (Å²) in [4.78, 5) is 10.5. The van der Waals surface area contributed by atoms with Crippen molar-refractivity contribution in [2.24, 2.45) is 0 Å². The molecule has 0 bridgehead atoms. The summed E-state index contributed by atoms with van der Waals surface area (Å²) in [5, 5.41) is 0. The molecule has 0 fully saturated rings. The van der Waals surface area contributed by atoms with E-state index in [1.54, 1.807) is 0 Å². The summed E-state index contributed by atoms with van der Waals surface area (Å²) >= 11 is 0. The second kappa shape index (κ2) is 14.3. The van der Waals surface area contributed by atoms with Crippen molar-refractivity contribution in [2.45, 2.75) is 78.1 Å². The minimum absolute atomic E-state index is 0.179. The first-order valence-electron chi connectivity index (χ1n) is 7.55. The molecule has 0 aliphatic carbocycles. The molecule has 0 atom stereocenters. The van der Waals surface area contributed by atoms with Gasteiger partial charge in [-0.3, -0.25) is 4.79 Å². The summed E-state index contributed by atoms with van der Waals surface area (Å²) in [5.74, 6) is -0.179. The standard InChI is InChI=1S/C16H30O2/c1-3-4-5-6-7-8-9-10-11-12-13-14-15-18-16(2)17/h11-12H,3-10,13-15H2,1-2H3. The average Bonchev–Trinajstić information content (AvgIpc) is 2.34. The molecule has 0 aromatic heterocycles. The van der Waals surface area contributed by atoms with Gasteiger partial charge in [-0.1, -0.05) is 57.6 Å². The minimum Gasteiger partial charge on any atom is -0.466 e. The fraction of sp³-hybridized carbons (Fsp3) is 0.812. The van der Waals surface area contributed by atoms with Crippen molar-refractivity contribution in [3.05, 3.63) is 12.2 Å². The van der Waals surface area contributed by atoms with E-state index in [4.69, 9.17) is 4.74 Å². The van der Waals surface area contributed by atoms with E-state index in [1.807, 2.05) is 0 Å². The number of hydrogen-bond donors (Lipinski definition) is 0. The molecule has 0 heterocycles. The second-order valence-corrected chi connectivity index (χ2v) is 4.86. The Morgan fingerprint density at radius 2 is 1.44 bits per heavy atom. The van der Waals surface area contributed by atoms with Gasteiger partial charge in [0, 0.05) is 6.92 Å². The SMILES string of the molecule is CCCCCCCCCC=CCCCOC(C)=O. The van der Waals surface area contributed by atoms with Crippen LogP contribution in [0.2, 0.25) is 0 Å². The van der Waals surface area contributed by atoms with Crippen LogP contribution in [0.3, 0.4) is 0 Å². The van der Waals surface area contributed by atoms with Crippen molar-refractivity contribution < 1.29 is 9.53 Å². The van der Waals surface area contributed by atoms with E-state index in [2.05, 4.69) is 19.1 Å². The largest absolute Gasteiger partial charge is 0.466 e. The second-order valence-electron chi connectivity index (χ2n) is 4.86. The van der Waals surface area contributed by atoms with Gasteiger partial charge in [-0.15, -0.1) is 0 Å². The predicted molar refractivity (Wildman–Crippen MR) is 77.6 cm³/mol. The smallest absolute Gasteiger partial charge is 0.302 e. The summed E-state index contributed by atoms with van der Waals surface area (Å²) in [6, 6.07) is 0. The fourth-order valence-corrected chi connectivity index (χ4v) is 1.87. The summed E-state index contributed by atoms with van der Waals surface area (Å²) in [7, 11) is 0. The molecule has 0 N–H and O–H groups in total. The molecule has 0 radical (unpaired) electrons. The number of rotatable bonds is 12. The summed E-state index contributed by atoms with van der Waals surface area (Å²) < 4.78 is 4.86. The van der Waals surface area contributed by atoms with Gasteiger partial charge in [-0.25, -0.2) is 0 Å². The van der Waals surface area contributed by atoms with Crippen LogP contribution in [-0.2, 0) is 9.53 Å². The van der Waals surface area contributed by atoms with Gasteiger partial charge in [-0.2, -0.15) is 0 Å². The van der Waals surface area contributed by atoms with Gasteiger partial charge >= 0.3 is 5.97 Å². The lowest BCUT2D eigenvalue weighted by Gasteiger charge is -1.99. The maximum absolute atomic E-state index is 10.5. The van der Waals surface area contributed by atoms with Gasteiger partial charge in [0.15, 0.2) is 0 Å². The molecule has 0 aliphatic rings. The maximum Gasteiger partial charge on any atom is 0.302 e. The minimum atomic E-state index is -0.179. The van der Waals surface area contributed by atoms with Crippen LogP contribution >= 0.6 is 0 Å². The van der Waals surface area contributed by atoms with Crippen LogP contribution in [0.15, 0.2) is 12.2 Å². The van der Waals surface area contributed by atoms with Crippen LogP contribution in [0.25, 0.3) is 0 Å². The first-order chi connectivity index (χ1) is 8.77. The van der Waals surface area contributed by atoms with Gasteiger partial charge in [0.1, 0.15) is 0 Å². The van der Waals surface area contributed by atoms with Crippen molar-refractivity contribution in [2.75, 3.05) is 6.61 Å². The Hall–Kier alpha value is -0.790. The third-order valence-corrected chi connectivity index (χ3v) is 2.96. The van der Waals surface area contributed by atoms with Gasteiger partial charge in [0.05, 0.1) is 6.61 Å². The molecule has 0 spiro atoms. The highest BCUT2D eigenvalue weighted by Gasteiger charge is 1.91. The fourth-order valence-electron chi connectivity index (χ4n) is 1.87. The molecule has 2 heteroatoms. The highest BCUT2D eigenvalue weighted by atomic mass is 16.5. The van der Waals surface area contributed by atoms with Gasteiger partial charge < -0.3 is 4.74 Å². The zero-order valence-electron chi connectivity index (χ0n) is 12.2. The number of allylic oxidation sites excluding steroid dienone is 2. The van der Waals surface area contributed by atoms with Crippen molar-refractivity contribution in [3.63, 3.8) is 0 Å². The lowest BCUT2D eigenvalue weighted by atomic mass is 10.1. The number of esters is 1. The Morgan fingerprint density at radius 1 is 0.889 bits per heavy atom. The Kier molecular flexibility index (Phi) is 13.6. The quantitative estimate of drug-likeness (QED) is 0.277. The topological polar surface area (TPSA) is 26.3 Å². The number of carbonyl (C=O) groups excluding carboxylic acids is 1. The molecule has 0 aromatic rings. The average molecular weight is 254 g/mol. The van der Waals surface area contributed by atoms with Crippen molar-refractivity contribution in [3.8, 4) is 0 Å².